The van der Waals surface area contributed by atoms with Gasteiger partial charge in [0.05, 0.1) is 11.5 Å². The van der Waals surface area contributed by atoms with E-state index in [-0.39, 0.29) is 11.2 Å². The lowest BCUT2D eigenvalue weighted by Gasteiger charge is -2.25. The highest BCUT2D eigenvalue weighted by Gasteiger charge is 2.28. The fourth-order valence-corrected chi connectivity index (χ4v) is 1.93. The SMILES string of the molecule is CCCC(C#N)(CC)c1ccc(O)cc1. The molecule has 80 valence electrons. The van der Waals surface area contributed by atoms with Gasteiger partial charge < -0.3 is 5.11 Å². The molecule has 15 heavy (non-hydrogen) atoms. The summed E-state index contributed by atoms with van der Waals surface area (Å²) in [6.07, 6.45) is 2.66. The molecule has 0 spiro atoms. The minimum absolute atomic E-state index is 0.248. The molecule has 0 aliphatic carbocycles. The Bertz CT molecular complexity index is 350. The van der Waals surface area contributed by atoms with E-state index in [1.165, 1.54) is 0 Å². The number of hydrogen-bond donors (Lipinski definition) is 1. The van der Waals surface area contributed by atoms with Gasteiger partial charge in [0.2, 0.25) is 0 Å². The van der Waals surface area contributed by atoms with E-state index in [1.807, 2.05) is 19.1 Å². The summed E-state index contributed by atoms with van der Waals surface area (Å²) in [4.78, 5) is 0. The van der Waals surface area contributed by atoms with Gasteiger partial charge in [-0.05, 0) is 30.5 Å². The monoisotopic (exact) mass is 203 g/mol. The third kappa shape index (κ3) is 2.30. The first-order valence-corrected chi connectivity index (χ1v) is 5.39. The van der Waals surface area contributed by atoms with Crippen molar-refractivity contribution in [3.05, 3.63) is 29.8 Å². The van der Waals surface area contributed by atoms with Crippen molar-refractivity contribution in [2.75, 3.05) is 0 Å². The minimum Gasteiger partial charge on any atom is -0.508 e. The summed E-state index contributed by atoms with van der Waals surface area (Å²) in [6.45, 7) is 4.12. The molecular weight excluding hydrogens is 186 g/mol. The van der Waals surface area contributed by atoms with Gasteiger partial charge in [-0.1, -0.05) is 32.4 Å². The average Bonchev–Trinajstić information content (AvgIpc) is 2.27. The number of phenolic OH excluding ortho intramolecular Hbond substituents is 1. The average molecular weight is 203 g/mol. The third-order valence-corrected chi connectivity index (χ3v) is 2.91. The number of nitrogens with zero attached hydrogens (tertiary/aromatic N) is 1. The van der Waals surface area contributed by atoms with Crippen molar-refractivity contribution < 1.29 is 5.11 Å². The Morgan fingerprint density at radius 1 is 1.27 bits per heavy atom. The van der Waals surface area contributed by atoms with Crippen LogP contribution in [-0.2, 0) is 5.41 Å². The van der Waals surface area contributed by atoms with E-state index in [0.717, 1.165) is 24.8 Å². The van der Waals surface area contributed by atoms with Crippen LogP contribution in [0.1, 0.15) is 38.7 Å². The van der Waals surface area contributed by atoms with E-state index in [9.17, 15) is 10.4 Å². The van der Waals surface area contributed by atoms with Crippen LogP contribution in [0.5, 0.6) is 5.75 Å². The highest BCUT2D eigenvalue weighted by atomic mass is 16.3. The Morgan fingerprint density at radius 3 is 2.27 bits per heavy atom. The maximum Gasteiger partial charge on any atom is 0.115 e. The molecule has 1 aromatic rings. The zero-order chi connectivity index (χ0) is 11.3. The van der Waals surface area contributed by atoms with Gasteiger partial charge in [0, 0.05) is 0 Å². The lowest BCUT2D eigenvalue weighted by Crippen LogP contribution is -2.22. The third-order valence-electron chi connectivity index (χ3n) is 2.91. The summed E-state index contributed by atoms with van der Waals surface area (Å²) in [5, 5.41) is 18.5. The molecule has 0 saturated heterocycles. The summed E-state index contributed by atoms with van der Waals surface area (Å²) in [7, 11) is 0. The molecule has 0 heterocycles. The maximum absolute atomic E-state index is 9.32. The number of aromatic hydroxyl groups is 1. The predicted octanol–water partition coefficient (Wildman–Crippen LogP) is 3.36. The van der Waals surface area contributed by atoms with E-state index in [2.05, 4.69) is 13.0 Å². The van der Waals surface area contributed by atoms with Crippen LogP contribution in [0.15, 0.2) is 24.3 Å². The van der Waals surface area contributed by atoms with E-state index in [4.69, 9.17) is 0 Å². The number of rotatable bonds is 4. The van der Waals surface area contributed by atoms with Crippen molar-refractivity contribution in [1.82, 2.24) is 0 Å². The molecule has 0 saturated carbocycles. The van der Waals surface area contributed by atoms with Gasteiger partial charge in [-0.25, -0.2) is 0 Å². The first-order chi connectivity index (χ1) is 7.18. The van der Waals surface area contributed by atoms with Crippen molar-refractivity contribution in [1.29, 1.82) is 5.26 Å². The topological polar surface area (TPSA) is 44.0 Å². The van der Waals surface area contributed by atoms with Gasteiger partial charge in [-0.15, -0.1) is 0 Å². The lowest BCUT2D eigenvalue weighted by molar-refractivity contribution is 0.466. The summed E-state index contributed by atoms with van der Waals surface area (Å²) in [5.74, 6) is 0.248. The van der Waals surface area contributed by atoms with Gasteiger partial charge in [0.25, 0.3) is 0 Å². The molecule has 0 bridgehead atoms. The normalized spacial score (nSPS) is 14.2. The zero-order valence-corrected chi connectivity index (χ0v) is 9.33. The van der Waals surface area contributed by atoms with Gasteiger partial charge in [-0.3, -0.25) is 0 Å². The number of benzene rings is 1. The summed E-state index contributed by atoms with van der Waals surface area (Å²) >= 11 is 0. The standard InChI is InChI=1S/C13H17NO/c1-3-9-13(4-2,10-14)11-5-7-12(15)8-6-11/h5-8,15H,3-4,9H2,1-2H3. The second kappa shape index (κ2) is 4.84. The smallest absolute Gasteiger partial charge is 0.115 e. The van der Waals surface area contributed by atoms with Crippen LogP contribution >= 0.6 is 0 Å². The molecule has 1 N–H and O–H groups in total. The fraction of sp³-hybridized carbons (Fsp3) is 0.462. The highest BCUT2D eigenvalue weighted by Crippen LogP contribution is 2.33. The molecule has 2 heteroatoms. The van der Waals surface area contributed by atoms with Crippen LogP contribution in [0.25, 0.3) is 0 Å². The number of phenols is 1. The number of hydrogen-bond acceptors (Lipinski definition) is 2. The second-order valence-corrected chi connectivity index (χ2v) is 3.84. The maximum atomic E-state index is 9.32. The summed E-state index contributed by atoms with van der Waals surface area (Å²) in [6, 6.07) is 9.40. The van der Waals surface area contributed by atoms with Gasteiger partial charge in [-0.2, -0.15) is 5.26 Å². The molecule has 0 radical (unpaired) electrons. The Morgan fingerprint density at radius 2 is 1.87 bits per heavy atom. The molecule has 0 fully saturated rings. The van der Waals surface area contributed by atoms with Gasteiger partial charge in [0.1, 0.15) is 5.75 Å². The quantitative estimate of drug-likeness (QED) is 0.815. The molecule has 1 rings (SSSR count). The fourth-order valence-electron chi connectivity index (χ4n) is 1.93. The molecule has 0 aliphatic heterocycles. The van der Waals surface area contributed by atoms with E-state index in [0.29, 0.717) is 0 Å². The van der Waals surface area contributed by atoms with Crippen molar-refractivity contribution in [3.63, 3.8) is 0 Å². The van der Waals surface area contributed by atoms with E-state index < -0.39 is 0 Å². The van der Waals surface area contributed by atoms with Crippen LogP contribution in [0, 0.1) is 11.3 Å². The largest absolute Gasteiger partial charge is 0.508 e. The Kier molecular flexibility index (Phi) is 3.74. The molecule has 0 amide bonds. The van der Waals surface area contributed by atoms with Crippen LogP contribution in [-0.4, -0.2) is 5.11 Å². The van der Waals surface area contributed by atoms with Gasteiger partial charge in [0.15, 0.2) is 0 Å². The van der Waals surface area contributed by atoms with Crippen LogP contribution in [0.4, 0.5) is 0 Å². The zero-order valence-electron chi connectivity index (χ0n) is 9.33. The molecule has 0 aromatic heterocycles. The van der Waals surface area contributed by atoms with E-state index in [1.54, 1.807) is 12.1 Å². The minimum atomic E-state index is -0.386. The van der Waals surface area contributed by atoms with Crippen LogP contribution < -0.4 is 0 Å². The van der Waals surface area contributed by atoms with Crippen LogP contribution in [0.2, 0.25) is 0 Å². The van der Waals surface area contributed by atoms with Crippen molar-refractivity contribution in [2.45, 2.75) is 38.5 Å². The van der Waals surface area contributed by atoms with Crippen LogP contribution in [0.3, 0.4) is 0 Å². The lowest BCUT2D eigenvalue weighted by atomic mass is 9.76. The van der Waals surface area contributed by atoms with Crippen molar-refractivity contribution in [3.8, 4) is 11.8 Å². The Hall–Kier alpha value is -1.49. The first-order valence-electron chi connectivity index (χ1n) is 5.39. The Balaban J connectivity index is 3.09. The van der Waals surface area contributed by atoms with Gasteiger partial charge >= 0.3 is 0 Å². The Labute approximate surface area is 91.2 Å². The summed E-state index contributed by atoms with van der Waals surface area (Å²) in [5.41, 5.74) is 0.620. The molecule has 1 aromatic carbocycles. The second-order valence-electron chi connectivity index (χ2n) is 3.84. The number of nitriles is 1. The summed E-state index contributed by atoms with van der Waals surface area (Å²) < 4.78 is 0. The molecule has 2 nitrogen and oxygen atoms in total. The molecule has 0 aliphatic rings. The van der Waals surface area contributed by atoms with Crippen molar-refractivity contribution in [2.24, 2.45) is 0 Å². The molecule has 1 unspecified atom stereocenters. The first kappa shape index (κ1) is 11.6. The highest BCUT2D eigenvalue weighted by molar-refractivity contribution is 5.36. The molecule has 1 atom stereocenters. The predicted molar refractivity (Wildman–Crippen MR) is 60.6 cm³/mol. The molecular formula is C13H17NO. The van der Waals surface area contributed by atoms with E-state index >= 15 is 0 Å². The van der Waals surface area contributed by atoms with Crippen molar-refractivity contribution >= 4 is 0 Å².